The van der Waals surface area contributed by atoms with Crippen LogP contribution < -0.4 is 0 Å². The van der Waals surface area contributed by atoms with Gasteiger partial charge in [0.1, 0.15) is 0 Å². The topological polar surface area (TPSA) is 71.1 Å². The summed E-state index contributed by atoms with van der Waals surface area (Å²) < 4.78 is 5.94. The molecule has 2 aromatic heterocycles. The molecule has 128 valence electrons. The molecule has 1 aliphatic rings. The minimum atomic E-state index is 0.110. The van der Waals surface area contributed by atoms with Gasteiger partial charge in [0.25, 0.3) is 0 Å². The molecule has 6 heteroatoms. The molecular formula is C18H24N4O2. The van der Waals surface area contributed by atoms with Crippen molar-refractivity contribution in [3.05, 3.63) is 48.0 Å². The highest BCUT2D eigenvalue weighted by Crippen LogP contribution is 2.16. The highest BCUT2D eigenvalue weighted by atomic mass is 16.5. The first-order valence-corrected chi connectivity index (χ1v) is 8.58. The highest BCUT2D eigenvalue weighted by Gasteiger charge is 2.23. The maximum atomic E-state index is 12.4. The lowest BCUT2D eigenvalue weighted by atomic mass is 10.1. The lowest BCUT2D eigenvalue weighted by Gasteiger charge is -2.32. The van der Waals surface area contributed by atoms with Crippen molar-refractivity contribution < 1.29 is 9.53 Å². The molecule has 3 heterocycles. The fraction of sp³-hybridized carbons (Fsp3) is 0.500. The predicted octanol–water partition coefficient (Wildman–Crippen LogP) is 2.34. The Labute approximate surface area is 142 Å². The van der Waals surface area contributed by atoms with Crippen LogP contribution in [0.15, 0.2) is 36.8 Å². The molecule has 6 nitrogen and oxygen atoms in total. The Morgan fingerprint density at radius 3 is 3.17 bits per heavy atom. The lowest BCUT2D eigenvalue weighted by molar-refractivity contribution is -0.135. The van der Waals surface area contributed by atoms with E-state index >= 15 is 0 Å². The number of carbonyl (C=O) groups excluding carboxylic acids is 1. The summed E-state index contributed by atoms with van der Waals surface area (Å²) in [5.41, 5.74) is 2.08. The molecule has 3 rings (SSSR count). The van der Waals surface area contributed by atoms with E-state index in [0.717, 1.165) is 43.5 Å². The van der Waals surface area contributed by atoms with Gasteiger partial charge in [-0.05, 0) is 43.4 Å². The number of aromatic amines is 1. The smallest absolute Gasteiger partial charge is 0.222 e. The number of aryl methyl sites for hydroxylation is 1. The molecule has 0 radical (unpaired) electrons. The number of piperidine rings is 1. The van der Waals surface area contributed by atoms with Crippen molar-refractivity contribution in [1.82, 2.24) is 20.1 Å². The highest BCUT2D eigenvalue weighted by molar-refractivity contribution is 5.76. The molecular weight excluding hydrogens is 304 g/mol. The van der Waals surface area contributed by atoms with Crippen molar-refractivity contribution in [2.45, 2.75) is 44.8 Å². The minimum Gasteiger partial charge on any atom is -0.370 e. The van der Waals surface area contributed by atoms with Gasteiger partial charge in [0.05, 0.1) is 24.6 Å². The Morgan fingerprint density at radius 2 is 2.38 bits per heavy atom. The van der Waals surface area contributed by atoms with Crippen LogP contribution in [0.1, 0.15) is 36.9 Å². The molecule has 1 saturated heterocycles. The number of hydrogen-bond donors (Lipinski definition) is 1. The van der Waals surface area contributed by atoms with Gasteiger partial charge < -0.3 is 9.64 Å². The lowest BCUT2D eigenvalue weighted by Crippen LogP contribution is -2.43. The molecule has 0 saturated carbocycles. The standard InChI is InChI=1S/C18H24N4O2/c23-18(8-3-5-15-11-20-21-12-15)22-10-4-7-17(13-22)24-14-16-6-1-2-9-19-16/h1-2,6,9,11-12,17H,3-5,7-8,10,13-14H2,(H,20,21)/t17-/m0/s1. The summed E-state index contributed by atoms with van der Waals surface area (Å²) in [5, 5.41) is 6.72. The van der Waals surface area contributed by atoms with Crippen LogP contribution >= 0.6 is 0 Å². The second-order valence-corrected chi connectivity index (χ2v) is 6.20. The van der Waals surface area contributed by atoms with E-state index in [1.54, 1.807) is 6.20 Å². The van der Waals surface area contributed by atoms with E-state index in [-0.39, 0.29) is 12.0 Å². The summed E-state index contributed by atoms with van der Waals surface area (Å²) in [5.74, 6) is 0.227. The average Bonchev–Trinajstić information content (AvgIpc) is 3.14. The summed E-state index contributed by atoms with van der Waals surface area (Å²) in [6.07, 6.45) is 9.90. The van der Waals surface area contributed by atoms with Gasteiger partial charge in [-0.25, -0.2) is 0 Å². The van der Waals surface area contributed by atoms with Crippen LogP contribution in [0.2, 0.25) is 0 Å². The molecule has 24 heavy (non-hydrogen) atoms. The van der Waals surface area contributed by atoms with Gasteiger partial charge in [-0.1, -0.05) is 6.07 Å². The first kappa shape index (κ1) is 16.6. The predicted molar refractivity (Wildman–Crippen MR) is 90.2 cm³/mol. The fourth-order valence-corrected chi connectivity index (χ4v) is 3.00. The molecule has 0 spiro atoms. The molecule has 1 N–H and O–H groups in total. The molecule has 1 atom stereocenters. The normalized spacial score (nSPS) is 17.8. The third-order valence-corrected chi connectivity index (χ3v) is 4.33. The summed E-state index contributed by atoms with van der Waals surface area (Å²) in [6, 6.07) is 5.82. The second kappa shape index (κ2) is 8.59. The van der Waals surface area contributed by atoms with Crippen molar-refractivity contribution in [3.8, 4) is 0 Å². The number of amides is 1. The zero-order valence-corrected chi connectivity index (χ0v) is 13.9. The van der Waals surface area contributed by atoms with Crippen LogP contribution in [0.25, 0.3) is 0 Å². The third kappa shape index (κ3) is 4.89. The van der Waals surface area contributed by atoms with E-state index in [0.29, 0.717) is 19.6 Å². The molecule has 2 aromatic rings. The van der Waals surface area contributed by atoms with Crippen molar-refractivity contribution in [2.75, 3.05) is 13.1 Å². The van der Waals surface area contributed by atoms with Gasteiger partial charge in [0, 0.05) is 31.9 Å². The number of nitrogens with zero attached hydrogens (tertiary/aromatic N) is 3. The van der Waals surface area contributed by atoms with Crippen molar-refractivity contribution in [3.63, 3.8) is 0 Å². The third-order valence-electron chi connectivity index (χ3n) is 4.33. The maximum absolute atomic E-state index is 12.4. The van der Waals surface area contributed by atoms with Crippen LogP contribution in [-0.4, -0.2) is 45.2 Å². The number of H-pyrrole nitrogens is 1. The van der Waals surface area contributed by atoms with E-state index in [1.165, 1.54) is 0 Å². The summed E-state index contributed by atoms with van der Waals surface area (Å²) in [6.45, 7) is 2.04. The van der Waals surface area contributed by atoms with E-state index in [4.69, 9.17) is 4.74 Å². The van der Waals surface area contributed by atoms with Gasteiger partial charge >= 0.3 is 0 Å². The molecule has 1 amide bonds. The van der Waals surface area contributed by atoms with E-state index in [2.05, 4.69) is 15.2 Å². The Morgan fingerprint density at radius 1 is 1.42 bits per heavy atom. The summed E-state index contributed by atoms with van der Waals surface area (Å²) >= 11 is 0. The van der Waals surface area contributed by atoms with Gasteiger partial charge in [0.15, 0.2) is 0 Å². The fourth-order valence-electron chi connectivity index (χ4n) is 3.00. The number of rotatable bonds is 7. The number of hydrogen-bond acceptors (Lipinski definition) is 4. The van der Waals surface area contributed by atoms with Gasteiger partial charge in [-0.3, -0.25) is 14.9 Å². The molecule has 1 aliphatic heterocycles. The van der Waals surface area contributed by atoms with Crippen molar-refractivity contribution in [1.29, 1.82) is 0 Å². The van der Waals surface area contributed by atoms with Crippen LogP contribution in [0.3, 0.4) is 0 Å². The molecule has 0 aliphatic carbocycles. The van der Waals surface area contributed by atoms with E-state index in [9.17, 15) is 4.79 Å². The quantitative estimate of drug-likeness (QED) is 0.847. The molecule has 0 bridgehead atoms. The van der Waals surface area contributed by atoms with Crippen LogP contribution in [0.5, 0.6) is 0 Å². The summed E-state index contributed by atoms with van der Waals surface area (Å²) in [4.78, 5) is 18.6. The monoisotopic (exact) mass is 328 g/mol. The minimum absolute atomic E-state index is 0.110. The first-order chi connectivity index (χ1) is 11.8. The number of carbonyl (C=O) groups is 1. The largest absolute Gasteiger partial charge is 0.370 e. The zero-order valence-electron chi connectivity index (χ0n) is 13.9. The van der Waals surface area contributed by atoms with Gasteiger partial charge in [-0.2, -0.15) is 5.10 Å². The average molecular weight is 328 g/mol. The van der Waals surface area contributed by atoms with Crippen molar-refractivity contribution >= 4 is 5.91 Å². The maximum Gasteiger partial charge on any atom is 0.222 e. The Kier molecular flexibility index (Phi) is 5.96. The molecule has 0 unspecified atom stereocenters. The number of aromatic nitrogens is 3. The number of nitrogens with one attached hydrogen (secondary N) is 1. The Bertz CT molecular complexity index is 615. The number of pyridine rings is 1. The van der Waals surface area contributed by atoms with Gasteiger partial charge in [-0.15, -0.1) is 0 Å². The van der Waals surface area contributed by atoms with Crippen LogP contribution in [0.4, 0.5) is 0 Å². The number of likely N-dealkylation sites (tertiary alicyclic amines) is 1. The molecule has 0 aromatic carbocycles. The number of ether oxygens (including phenoxy) is 1. The van der Waals surface area contributed by atoms with E-state index < -0.39 is 0 Å². The van der Waals surface area contributed by atoms with Gasteiger partial charge in [0.2, 0.25) is 5.91 Å². The molecule has 1 fully saturated rings. The van der Waals surface area contributed by atoms with Crippen LogP contribution in [-0.2, 0) is 22.6 Å². The second-order valence-electron chi connectivity index (χ2n) is 6.20. The Balaban J connectivity index is 1.40. The van der Waals surface area contributed by atoms with E-state index in [1.807, 2.05) is 35.5 Å². The first-order valence-electron chi connectivity index (χ1n) is 8.58. The van der Waals surface area contributed by atoms with Crippen molar-refractivity contribution in [2.24, 2.45) is 0 Å². The zero-order chi connectivity index (χ0) is 16.6. The SMILES string of the molecule is O=C(CCCc1cn[nH]c1)N1CCC[C@H](OCc2ccccn2)C1. The summed E-state index contributed by atoms with van der Waals surface area (Å²) in [7, 11) is 0. The van der Waals surface area contributed by atoms with Crippen LogP contribution in [0, 0.1) is 0 Å². The Hall–Kier alpha value is -2.21.